The van der Waals surface area contributed by atoms with E-state index in [9.17, 15) is 9.59 Å². The van der Waals surface area contributed by atoms with Gasteiger partial charge in [-0.2, -0.15) is 0 Å². The lowest BCUT2D eigenvalue weighted by molar-refractivity contribution is -0.137. The fourth-order valence-corrected chi connectivity index (χ4v) is 3.69. The van der Waals surface area contributed by atoms with Crippen LogP contribution in [0.15, 0.2) is 24.3 Å². The van der Waals surface area contributed by atoms with E-state index in [1.54, 1.807) is 0 Å². The Bertz CT molecular complexity index is 728. The quantitative estimate of drug-likeness (QED) is 0.783. The zero-order valence-corrected chi connectivity index (χ0v) is 19.3. The fourth-order valence-electron chi connectivity index (χ4n) is 3.56. The minimum atomic E-state index is -0.570. The molecule has 1 heterocycles. The number of anilines is 1. The van der Waals surface area contributed by atoms with Crippen molar-refractivity contribution in [3.05, 3.63) is 29.3 Å². The molecule has 0 saturated carbocycles. The fraction of sp³-hybridized carbons (Fsp3) is 0.636. The Kier molecular flexibility index (Phi) is 7.10. The number of amides is 2. The summed E-state index contributed by atoms with van der Waals surface area (Å²) in [4.78, 5) is 29.3. The van der Waals surface area contributed by atoms with Crippen molar-refractivity contribution in [3.8, 4) is 0 Å². The second-order valence-corrected chi connectivity index (χ2v) is 9.86. The molecule has 1 aromatic rings. The monoisotopic (exact) mass is 423 g/mol. The van der Waals surface area contributed by atoms with E-state index in [0.29, 0.717) is 18.1 Å². The van der Waals surface area contributed by atoms with Crippen LogP contribution in [0.2, 0.25) is 5.02 Å². The van der Waals surface area contributed by atoms with Gasteiger partial charge in [0.1, 0.15) is 5.60 Å². The Morgan fingerprint density at radius 3 is 2.24 bits per heavy atom. The van der Waals surface area contributed by atoms with E-state index in [2.05, 4.69) is 24.1 Å². The molecule has 7 heteroatoms. The molecule has 2 rings (SSSR count). The van der Waals surface area contributed by atoms with Crippen molar-refractivity contribution in [2.75, 3.05) is 24.5 Å². The Balaban J connectivity index is 1.99. The Morgan fingerprint density at radius 1 is 1.14 bits per heavy atom. The number of nitrogens with one attached hydrogen (secondary N) is 1. The zero-order valence-electron chi connectivity index (χ0n) is 18.6. The first-order valence-electron chi connectivity index (χ1n) is 10.1. The maximum absolute atomic E-state index is 13.1. The molecule has 0 bridgehead atoms. The average Bonchev–Trinajstić information content (AvgIpc) is 2.58. The van der Waals surface area contributed by atoms with Crippen molar-refractivity contribution >= 4 is 29.3 Å². The van der Waals surface area contributed by atoms with E-state index in [1.807, 2.05) is 63.8 Å². The topological polar surface area (TPSA) is 61.9 Å². The highest BCUT2D eigenvalue weighted by Gasteiger charge is 2.38. The van der Waals surface area contributed by atoms with Crippen LogP contribution < -0.4 is 10.2 Å². The molecule has 0 radical (unpaired) electrons. The van der Waals surface area contributed by atoms with E-state index in [0.717, 1.165) is 12.2 Å². The van der Waals surface area contributed by atoms with Gasteiger partial charge in [-0.25, -0.2) is 4.79 Å². The van der Waals surface area contributed by atoms with Gasteiger partial charge in [-0.05, 0) is 65.8 Å². The predicted molar refractivity (Wildman–Crippen MR) is 117 cm³/mol. The largest absolute Gasteiger partial charge is 0.444 e. The minimum absolute atomic E-state index is 0.0392. The lowest BCUT2D eigenvalue weighted by atomic mass is 9.95. The third-order valence-corrected chi connectivity index (χ3v) is 5.49. The number of hydrogen-bond acceptors (Lipinski definition) is 4. The summed E-state index contributed by atoms with van der Waals surface area (Å²) in [7, 11) is 0. The first kappa shape index (κ1) is 23.3. The van der Waals surface area contributed by atoms with Gasteiger partial charge in [-0.3, -0.25) is 4.79 Å². The molecular weight excluding hydrogens is 390 g/mol. The van der Waals surface area contributed by atoms with Gasteiger partial charge in [0, 0.05) is 36.4 Å². The molecule has 1 aliphatic rings. The molecule has 1 saturated heterocycles. The van der Waals surface area contributed by atoms with Crippen LogP contribution in [0.4, 0.5) is 10.5 Å². The first-order chi connectivity index (χ1) is 13.3. The maximum Gasteiger partial charge on any atom is 0.407 e. The van der Waals surface area contributed by atoms with Gasteiger partial charge in [0.05, 0.1) is 11.5 Å². The molecule has 162 valence electrons. The smallest absolute Gasteiger partial charge is 0.407 e. The van der Waals surface area contributed by atoms with Crippen LogP contribution in [0.25, 0.3) is 0 Å². The normalized spacial score (nSPS) is 18.8. The molecule has 29 heavy (non-hydrogen) atoms. The molecule has 0 aromatic heterocycles. The molecule has 0 aliphatic carbocycles. The molecule has 1 N–H and O–H groups in total. The number of piperazine rings is 1. The Hall–Kier alpha value is -1.95. The van der Waals surface area contributed by atoms with Gasteiger partial charge in [0.15, 0.2) is 0 Å². The van der Waals surface area contributed by atoms with Crippen molar-refractivity contribution in [3.63, 3.8) is 0 Å². The number of halogens is 1. The summed E-state index contributed by atoms with van der Waals surface area (Å²) < 4.78 is 5.30. The summed E-state index contributed by atoms with van der Waals surface area (Å²) in [6.07, 6.45) is -0.502. The first-order valence-corrected chi connectivity index (χ1v) is 10.5. The molecule has 2 unspecified atom stereocenters. The molecule has 1 fully saturated rings. The van der Waals surface area contributed by atoms with Crippen LogP contribution in [0.1, 0.15) is 48.5 Å². The number of alkyl carbamates (subject to hydrolysis) is 1. The minimum Gasteiger partial charge on any atom is -0.444 e. The summed E-state index contributed by atoms with van der Waals surface area (Å²) in [5.74, 6) is -0.308. The summed E-state index contributed by atoms with van der Waals surface area (Å²) in [6.45, 7) is 15.4. The van der Waals surface area contributed by atoms with E-state index in [-0.39, 0.29) is 23.4 Å². The van der Waals surface area contributed by atoms with Crippen molar-refractivity contribution in [1.82, 2.24) is 10.2 Å². The van der Waals surface area contributed by atoms with E-state index < -0.39 is 11.7 Å². The number of benzene rings is 1. The number of carbonyl (C=O) groups is 2. The number of rotatable bonds is 4. The third-order valence-electron chi connectivity index (χ3n) is 5.24. The zero-order chi connectivity index (χ0) is 22.0. The number of ether oxygens (including phenoxy) is 1. The van der Waals surface area contributed by atoms with Gasteiger partial charge in [-0.1, -0.05) is 18.5 Å². The second-order valence-electron chi connectivity index (χ2n) is 9.42. The maximum atomic E-state index is 13.1. The van der Waals surface area contributed by atoms with Crippen LogP contribution in [-0.2, 0) is 9.53 Å². The highest BCUT2D eigenvalue weighted by molar-refractivity contribution is 6.30. The van der Waals surface area contributed by atoms with E-state index >= 15 is 0 Å². The summed E-state index contributed by atoms with van der Waals surface area (Å²) in [5, 5.41) is 3.49. The highest BCUT2D eigenvalue weighted by atomic mass is 35.5. The molecule has 2 amide bonds. The third kappa shape index (κ3) is 6.26. The van der Waals surface area contributed by atoms with Gasteiger partial charge >= 0.3 is 6.09 Å². The van der Waals surface area contributed by atoms with Gasteiger partial charge in [0.2, 0.25) is 5.91 Å². The Morgan fingerprint density at radius 2 is 1.72 bits per heavy atom. The second kappa shape index (κ2) is 8.82. The molecule has 1 aliphatic heterocycles. The van der Waals surface area contributed by atoms with Crippen LogP contribution in [0, 0.1) is 5.92 Å². The number of nitrogens with zero attached hydrogens (tertiary/aromatic N) is 2. The van der Waals surface area contributed by atoms with E-state index in [1.165, 1.54) is 0 Å². The lowest BCUT2D eigenvalue weighted by Crippen LogP contribution is -2.62. The summed E-state index contributed by atoms with van der Waals surface area (Å²) >= 11 is 6.01. The number of carbonyl (C=O) groups excluding carboxylic acids is 2. The van der Waals surface area contributed by atoms with Crippen LogP contribution in [0.5, 0.6) is 0 Å². The number of hydrogen-bond donors (Lipinski definition) is 1. The van der Waals surface area contributed by atoms with Crippen molar-refractivity contribution in [2.45, 2.75) is 65.6 Å². The highest BCUT2D eigenvalue weighted by Crippen LogP contribution is 2.29. The predicted octanol–water partition coefficient (Wildman–Crippen LogP) is 4.32. The van der Waals surface area contributed by atoms with Crippen LogP contribution in [0.3, 0.4) is 0 Å². The van der Waals surface area contributed by atoms with Crippen LogP contribution >= 0.6 is 11.6 Å². The Labute approximate surface area is 179 Å². The molecule has 1 aromatic carbocycles. The van der Waals surface area contributed by atoms with Crippen LogP contribution in [-0.4, -0.2) is 53.7 Å². The standard InChI is InChI=1S/C22H34ClN3O3/c1-15(16(2)24-20(28)29-21(3,4)5)19(27)25-12-13-26(22(6,7)14-25)18-10-8-17(23)9-11-18/h8-11,15-16H,12-14H2,1-7H3,(H,24,28). The van der Waals surface area contributed by atoms with Gasteiger partial charge < -0.3 is 19.9 Å². The van der Waals surface area contributed by atoms with Gasteiger partial charge in [-0.15, -0.1) is 0 Å². The van der Waals surface area contributed by atoms with Crippen molar-refractivity contribution < 1.29 is 14.3 Å². The van der Waals surface area contributed by atoms with Crippen molar-refractivity contribution in [1.29, 1.82) is 0 Å². The molecule has 0 spiro atoms. The van der Waals surface area contributed by atoms with Crippen molar-refractivity contribution in [2.24, 2.45) is 5.92 Å². The SMILES string of the molecule is CC(NC(=O)OC(C)(C)C)C(C)C(=O)N1CCN(c2ccc(Cl)cc2)C(C)(C)C1. The van der Waals surface area contributed by atoms with Gasteiger partial charge in [0.25, 0.3) is 0 Å². The summed E-state index contributed by atoms with van der Waals surface area (Å²) in [5.41, 5.74) is 0.307. The molecule has 2 atom stereocenters. The average molecular weight is 424 g/mol. The molecule has 6 nitrogen and oxygen atoms in total. The lowest BCUT2D eigenvalue weighted by Gasteiger charge is -2.49. The summed E-state index contributed by atoms with van der Waals surface area (Å²) in [6, 6.07) is 7.47. The molecular formula is C22H34ClN3O3. The van der Waals surface area contributed by atoms with E-state index in [4.69, 9.17) is 16.3 Å².